The maximum atomic E-state index is 13.2. The molecule has 4 fully saturated rings. The summed E-state index contributed by atoms with van der Waals surface area (Å²) < 4.78 is 0. The van der Waals surface area contributed by atoms with Gasteiger partial charge in [0.1, 0.15) is 11.6 Å². The molecule has 0 saturated heterocycles. The third-order valence-electron chi connectivity index (χ3n) is 9.34. The first-order valence-electron chi connectivity index (χ1n) is 11.2. The standard InChI is InChI=1S/C23H37NO2/c1-22-10-8-15(5-3-4-12-24)13-19(22)20(25)14-16-17-6-7-21(26)23(17,2)11-9-18(16)22/h15-19H,3-14,24H2,1-2H3/t15?,16-,17-,18+,19?,22+,23-/m0/s1. The van der Waals surface area contributed by atoms with E-state index < -0.39 is 0 Å². The Bertz CT molecular complexity index is 587. The lowest BCUT2D eigenvalue weighted by Gasteiger charge is -2.59. The summed E-state index contributed by atoms with van der Waals surface area (Å²) in [6.07, 6.45) is 12.0. The van der Waals surface area contributed by atoms with Crippen molar-refractivity contribution < 1.29 is 9.59 Å². The van der Waals surface area contributed by atoms with Crippen LogP contribution in [0, 0.1) is 40.4 Å². The van der Waals surface area contributed by atoms with Crippen molar-refractivity contribution in [3.8, 4) is 0 Å². The van der Waals surface area contributed by atoms with Gasteiger partial charge in [-0.1, -0.05) is 26.7 Å². The normalized spacial score (nSPS) is 48.0. The molecule has 3 heteroatoms. The maximum Gasteiger partial charge on any atom is 0.139 e. The van der Waals surface area contributed by atoms with Crippen LogP contribution in [0.3, 0.4) is 0 Å². The monoisotopic (exact) mass is 359 g/mol. The lowest BCUT2D eigenvalue weighted by atomic mass is 9.44. The molecule has 3 nitrogen and oxygen atoms in total. The minimum Gasteiger partial charge on any atom is -0.330 e. The highest BCUT2D eigenvalue weighted by Gasteiger charge is 2.62. The summed E-state index contributed by atoms with van der Waals surface area (Å²) in [6.45, 7) is 5.42. The van der Waals surface area contributed by atoms with Crippen molar-refractivity contribution >= 4 is 11.6 Å². The Morgan fingerprint density at radius 3 is 2.62 bits per heavy atom. The van der Waals surface area contributed by atoms with Gasteiger partial charge in [-0.05, 0) is 80.6 Å². The third-order valence-corrected chi connectivity index (χ3v) is 9.34. The fourth-order valence-electron chi connectivity index (χ4n) is 7.73. The van der Waals surface area contributed by atoms with E-state index in [9.17, 15) is 9.59 Å². The molecule has 26 heavy (non-hydrogen) atoms. The van der Waals surface area contributed by atoms with E-state index in [2.05, 4.69) is 13.8 Å². The van der Waals surface area contributed by atoms with Crippen LogP contribution in [0.15, 0.2) is 0 Å². The molecule has 0 radical (unpaired) electrons. The predicted octanol–water partition coefficient (Wildman–Crippen LogP) is 4.52. The van der Waals surface area contributed by atoms with E-state index in [0.717, 1.165) is 51.0 Å². The van der Waals surface area contributed by atoms with Gasteiger partial charge in [0.2, 0.25) is 0 Å². The molecule has 0 heterocycles. The fraction of sp³-hybridized carbons (Fsp3) is 0.913. The number of hydrogen-bond acceptors (Lipinski definition) is 3. The first-order valence-corrected chi connectivity index (χ1v) is 11.2. The zero-order valence-electron chi connectivity index (χ0n) is 16.8. The summed E-state index contributed by atoms with van der Waals surface area (Å²) in [7, 11) is 0. The Morgan fingerprint density at radius 1 is 1.04 bits per heavy atom. The lowest BCUT2D eigenvalue weighted by Crippen LogP contribution is -2.56. The second kappa shape index (κ2) is 6.72. The number of fused-ring (bicyclic) bond motifs is 5. The van der Waals surface area contributed by atoms with E-state index in [1.165, 1.54) is 32.1 Å². The first-order chi connectivity index (χ1) is 12.4. The van der Waals surface area contributed by atoms with Crippen molar-refractivity contribution in [2.24, 2.45) is 46.2 Å². The van der Waals surface area contributed by atoms with Crippen molar-refractivity contribution in [2.75, 3.05) is 6.54 Å². The summed E-state index contributed by atoms with van der Waals surface area (Å²) in [5.41, 5.74) is 5.72. The molecule has 4 aliphatic carbocycles. The van der Waals surface area contributed by atoms with Crippen molar-refractivity contribution in [1.82, 2.24) is 0 Å². The van der Waals surface area contributed by atoms with Crippen LogP contribution in [0.5, 0.6) is 0 Å². The largest absolute Gasteiger partial charge is 0.330 e. The molecule has 2 N–H and O–H groups in total. The molecule has 7 atom stereocenters. The van der Waals surface area contributed by atoms with Crippen LogP contribution in [-0.2, 0) is 9.59 Å². The predicted molar refractivity (Wildman–Crippen MR) is 104 cm³/mol. The highest BCUT2D eigenvalue weighted by atomic mass is 16.1. The number of carbonyl (C=O) groups is 2. The minimum absolute atomic E-state index is 0.121. The Labute approximate surface area is 158 Å². The van der Waals surface area contributed by atoms with E-state index in [-0.39, 0.29) is 16.7 Å². The van der Waals surface area contributed by atoms with Crippen LogP contribution >= 0.6 is 0 Å². The van der Waals surface area contributed by atoms with Crippen LogP contribution in [-0.4, -0.2) is 18.1 Å². The number of hydrogen-bond donors (Lipinski definition) is 1. The molecule has 4 aliphatic rings. The molecule has 0 aromatic carbocycles. The number of carbonyl (C=O) groups excluding carboxylic acids is 2. The SMILES string of the molecule is C[C@]12CCC(CCCCN)CC1C(=O)C[C@@H]1[C@H]2CC[C@]2(C)C(=O)CC[C@@H]12. The summed E-state index contributed by atoms with van der Waals surface area (Å²) in [5.74, 6) is 3.62. The van der Waals surface area contributed by atoms with Gasteiger partial charge >= 0.3 is 0 Å². The highest BCUT2D eigenvalue weighted by Crippen LogP contribution is 2.65. The zero-order chi connectivity index (χ0) is 18.5. The van der Waals surface area contributed by atoms with Gasteiger partial charge in [-0.15, -0.1) is 0 Å². The molecule has 0 amide bonds. The van der Waals surface area contributed by atoms with Crippen molar-refractivity contribution in [2.45, 2.75) is 84.5 Å². The van der Waals surface area contributed by atoms with E-state index in [1.807, 2.05) is 0 Å². The molecular formula is C23H37NO2. The first kappa shape index (κ1) is 18.7. The smallest absolute Gasteiger partial charge is 0.139 e. The quantitative estimate of drug-likeness (QED) is 0.751. The second-order valence-corrected chi connectivity index (χ2v) is 10.4. The average molecular weight is 360 g/mol. The van der Waals surface area contributed by atoms with E-state index in [0.29, 0.717) is 29.3 Å². The van der Waals surface area contributed by atoms with Gasteiger partial charge in [0.05, 0.1) is 0 Å². The molecule has 4 saturated carbocycles. The van der Waals surface area contributed by atoms with Crippen LogP contribution in [0.25, 0.3) is 0 Å². The number of Topliss-reactive ketones (excluding diaryl/α,β-unsaturated/α-hetero) is 2. The average Bonchev–Trinajstić information content (AvgIpc) is 2.92. The molecule has 0 aromatic heterocycles. The Kier molecular flexibility index (Phi) is 4.82. The van der Waals surface area contributed by atoms with Gasteiger partial charge in [-0.2, -0.15) is 0 Å². The molecule has 0 bridgehead atoms. The summed E-state index contributed by atoms with van der Waals surface area (Å²) >= 11 is 0. The van der Waals surface area contributed by atoms with Crippen LogP contribution in [0.4, 0.5) is 0 Å². The van der Waals surface area contributed by atoms with Gasteiger partial charge in [-0.25, -0.2) is 0 Å². The number of unbranched alkanes of at least 4 members (excludes halogenated alkanes) is 1. The molecular weight excluding hydrogens is 322 g/mol. The Balaban J connectivity index is 1.52. The van der Waals surface area contributed by atoms with Gasteiger partial charge in [0.25, 0.3) is 0 Å². The van der Waals surface area contributed by atoms with Crippen LogP contribution in [0.2, 0.25) is 0 Å². The van der Waals surface area contributed by atoms with Crippen molar-refractivity contribution in [3.05, 3.63) is 0 Å². The Morgan fingerprint density at radius 2 is 1.85 bits per heavy atom. The summed E-state index contributed by atoms with van der Waals surface area (Å²) in [6, 6.07) is 0. The van der Waals surface area contributed by atoms with Gasteiger partial charge in [-0.3, -0.25) is 9.59 Å². The number of ketones is 2. The van der Waals surface area contributed by atoms with Crippen molar-refractivity contribution in [1.29, 1.82) is 0 Å². The minimum atomic E-state index is -0.121. The maximum absolute atomic E-state index is 13.2. The van der Waals surface area contributed by atoms with Crippen LogP contribution in [0.1, 0.15) is 84.5 Å². The van der Waals surface area contributed by atoms with E-state index in [4.69, 9.17) is 5.73 Å². The molecule has 0 aromatic rings. The summed E-state index contributed by atoms with van der Waals surface area (Å²) in [5, 5.41) is 0. The second-order valence-electron chi connectivity index (χ2n) is 10.4. The van der Waals surface area contributed by atoms with Gasteiger partial charge in [0.15, 0.2) is 0 Å². The molecule has 0 aliphatic heterocycles. The van der Waals surface area contributed by atoms with Gasteiger partial charge < -0.3 is 5.73 Å². The third kappa shape index (κ3) is 2.72. The molecule has 146 valence electrons. The van der Waals surface area contributed by atoms with Crippen molar-refractivity contribution in [3.63, 3.8) is 0 Å². The van der Waals surface area contributed by atoms with Crippen LogP contribution < -0.4 is 5.73 Å². The topological polar surface area (TPSA) is 60.2 Å². The lowest BCUT2D eigenvalue weighted by molar-refractivity contribution is -0.158. The summed E-state index contributed by atoms with van der Waals surface area (Å²) in [4.78, 5) is 25.8. The molecule has 0 spiro atoms. The molecule has 2 unspecified atom stereocenters. The van der Waals surface area contributed by atoms with E-state index >= 15 is 0 Å². The van der Waals surface area contributed by atoms with E-state index in [1.54, 1.807) is 0 Å². The highest BCUT2D eigenvalue weighted by molar-refractivity contribution is 5.88. The molecule has 4 rings (SSSR count). The number of rotatable bonds is 4. The Hall–Kier alpha value is -0.700. The van der Waals surface area contributed by atoms with Gasteiger partial charge in [0, 0.05) is 24.2 Å². The zero-order valence-corrected chi connectivity index (χ0v) is 16.8. The number of nitrogens with two attached hydrogens (primary N) is 1. The fourth-order valence-corrected chi connectivity index (χ4v) is 7.73.